The monoisotopic (exact) mass is 317 g/mol. The molecule has 2 aromatic heterocycles. The van der Waals surface area contributed by atoms with Crippen molar-refractivity contribution in [2.24, 2.45) is 0 Å². The van der Waals surface area contributed by atoms with Crippen LogP contribution in [0.2, 0.25) is 0 Å². The van der Waals surface area contributed by atoms with Gasteiger partial charge in [0.25, 0.3) is 0 Å². The van der Waals surface area contributed by atoms with E-state index in [2.05, 4.69) is 19.9 Å². The first kappa shape index (κ1) is 14.0. The summed E-state index contributed by atoms with van der Waals surface area (Å²) in [7, 11) is 0. The van der Waals surface area contributed by atoms with Crippen molar-refractivity contribution in [3.8, 4) is 0 Å². The van der Waals surface area contributed by atoms with E-state index in [1.807, 2.05) is 0 Å². The third-order valence-electron chi connectivity index (χ3n) is 4.07. The molecule has 0 radical (unpaired) electrons. The molecular formula is C15H13F2N5O. The molecule has 1 aliphatic heterocycles. The van der Waals surface area contributed by atoms with Gasteiger partial charge in [-0.05, 0) is 24.6 Å². The van der Waals surface area contributed by atoms with Gasteiger partial charge in [0.2, 0.25) is 0 Å². The first-order valence-corrected chi connectivity index (χ1v) is 7.17. The fourth-order valence-corrected chi connectivity index (χ4v) is 3.08. The number of nitrogens with zero attached hydrogens (tertiary/aromatic N) is 4. The van der Waals surface area contributed by atoms with Crippen molar-refractivity contribution in [2.45, 2.75) is 18.6 Å². The second-order valence-electron chi connectivity index (χ2n) is 5.52. The normalized spacial score (nSPS) is 21.3. The smallest absolute Gasteiger partial charge is 0.182 e. The zero-order valence-electron chi connectivity index (χ0n) is 11.9. The summed E-state index contributed by atoms with van der Waals surface area (Å²) in [5, 5.41) is 10.0. The van der Waals surface area contributed by atoms with Crippen molar-refractivity contribution >= 4 is 17.0 Å². The number of imidazole rings is 1. The van der Waals surface area contributed by atoms with Crippen LogP contribution in [-0.4, -0.2) is 37.7 Å². The zero-order chi connectivity index (χ0) is 16.0. The van der Waals surface area contributed by atoms with Gasteiger partial charge >= 0.3 is 0 Å². The number of halogens is 2. The molecule has 2 N–H and O–H groups in total. The molecule has 0 bridgehead atoms. The lowest BCUT2D eigenvalue weighted by Crippen LogP contribution is -2.26. The molecule has 1 aliphatic rings. The SMILES string of the molecule is O[C@H]1C[C@@H](c2cc(F)ccc2F)N(c2ncnc3nc[nH]c23)C1. The molecule has 0 unspecified atom stereocenters. The molecule has 1 saturated heterocycles. The summed E-state index contributed by atoms with van der Waals surface area (Å²) in [6.07, 6.45) is 2.49. The van der Waals surface area contributed by atoms with Crippen molar-refractivity contribution in [3.05, 3.63) is 48.1 Å². The largest absolute Gasteiger partial charge is 0.391 e. The van der Waals surface area contributed by atoms with Crippen LogP contribution >= 0.6 is 0 Å². The summed E-state index contributed by atoms with van der Waals surface area (Å²) < 4.78 is 27.7. The van der Waals surface area contributed by atoms with Gasteiger partial charge in [-0.15, -0.1) is 0 Å². The van der Waals surface area contributed by atoms with E-state index in [1.54, 1.807) is 4.90 Å². The Morgan fingerprint density at radius 3 is 2.96 bits per heavy atom. The Morgan fingerprint density at radius 2 is 2.09 bits per heavy atom. The Bertz CT molecular complexity index is 868. The third-order valence-corrected chi connectivity index (χ3v) is 4.07. The van der Waals surface area contributed by atoms with Crippen LogP contribution in [0.15, 0.2) is 30.9 Å². The van der Waals surface area contributed by atoms with E-state index in [4.69, 9.17) is 0 Å². The number of hydrogen-bond donors (Lipinski definition) is 2. The number of rotatable bonds is 2. The third kappa shape index (κ3) is 2.31. The van der Waals surface area contributed by atoms with Gasteiger partial charge in [0.15, 0.2) is 11.5 Å². The number of aliphatic hydroxyl groups is 1. The summed E-state index contributed by atoms with van der Waals surface area (Å²) in [6.45, 7) is 0.270. The number of hydrogen-bond acceptors (Lipinski definition) is 5. The van der Waals surface area contributed by atoms with Gasteiger partial charge in [-0.3, -0.25) is 0 Å². The van der Waals surface area contributed by atoms with Crippen LogP contribution in [0.3, 0.4) is 0 Å². The van der Waals surface area contributed by atoms with E-state index < -0.39 is 23.8 Å². The Labute approximate surface area is 129 Å². The Balaban J connectivity index is 1.83. The average Bonchev–Trinajstić information content (AvgIpc) is 3.15. The quantitative estimate of drug-likeness (QED) is 0.755. The van der Waals surface area contributed by atoms with E-state index in [1.165, 1.54) is 12.7 Å². The van der Waals surface area contributed by atoms with Gasteiger partial charge in [0.05, 0.1) is 18.5 Å². The molecule has 6 nitrogen and oxygen atoms in total. The van der Waals surface area contributed by atoms with Crippen molar-refractivity contribution in [1.82, 2.24) is 19.9 Å². The Morgan fingerprint density at radius 1 is 1.22 bits per heavy atom. The van der Waals surface area contributed by atoms with Crippen molar-refractivity contribution in [3.63, 3.8) is 0 Å². The first-order chi connectivity index (χ1) is 11.1. The van der Waals surface area contributed by atoms with Crippen LogP contribution in [-0.2, 0) is 0 Å². The molecule has 8 heteroatoms. The minimum Gasteiger partial charge on any atom is -0.391 e. The topological polar surface area (TPSA) is 77.9 Å². The van der Waals surface area contributed by atoms with Crippen LogP contribution in [0.4, 0.5) is 14.6 Å². The summed E-state index contributed by atoms with van der Waals surface area (Å²) >= 11 is 0. The van der Waals surface area contributed by atoms with Crippen molar-refractivity contribution < 1.29 is 13.9 Å². The zero-order valence-corrected chi connectivity index (χ0v) is 11.9. The number of benzene rings is 1. The first-order valence-electron chi connectivity index (χ1n) is 7.17. The van der Waals surface area contributed by atoms with Crippen LogP contribution in [0.5, 0.6) is 0 Å². The van der Waals surface area contributed by atoms with Crippen LogP contribution in [0.25, 0.3) is 11.2 Å². The van der Waals surface area contributed by atoms with Gasteiger partial charge in [-0.1, -0.05) is 0 Å². The molecule has 1 fully saturated rings. The molecule has 4 rings (SSSR count). The summed E-state index contributed by atoms with van der Waals surface area (Å²) in [6, 6.07) is 2.82. The molecule has 23 heavy (non-hydrogen) atoms. The predicted octanol–water partition coefficient (Wildman–Crippen LogP) is 1.94. The minimum absolute atomic E-state index is 0.202. The summed E-state index contributed by atoms with van der Waals surface area (Å²) in [4.78, 5) is 17.1. The number of aromatic amines is 1. The summed E-state index contributed by atoms with van der Waals surface area (Å²) in [5.41, 5.74) is 1.28. The lowest BCUT2D eigenvalue weighted by molar-refractivity contribution is 0.194. The molecular weight excluding hydrogens is 304 g/mol. The van der Waals surface area contributed by atoms with E-state index in [9.17, 15) is 13.9 Å². The fraction of sp³-hybridized carbons (Fsp3) is 0.267. The number of anilines is 1. The molecule has 0 spiro atoms. The number of aliphatic hydroxyl groups excluding tert-OH is 1. The van der Waals surface area contributed by atoms with Gasteiger partial charge in [-0.2, -0.15) is 0 Å². The highest BCUT2D eigenvalue weighted by Gasteiger charge is 2.36. The molecule has 1 aromatic carbocycles. The maximum absolute atomic E-state index is 14.2. The van der Waals surface area contributed by atoms with Gasteiger partial charge in [-0.25, -0.2) is 23.7 Å². The van der Waals surface area contributed by atoms with E-state index >= 15 is 0 Å². The molecule has 118 valence electrons. The Hall–Kier alpha value is -2.61. The van der Waals surface area contributed by atoms with Crippen LogP contribution in [0, 0.1) is 11.6 Å². The fourth-order valence-electron chi connectivity index (χ4n) is 3.08. The molecule has 3 heterocycles. The Kier molecular flexibility index (Phi) is 3.19. The lowest BCUT2D eigenvalue weighted by atomic mass is 10.0. The maximum Gasteiger partial charge on any atom is 0.182 e. The molecule has 0 aliphatic carbocycles. The molecule has 0 saturated carbocycles. The van der Waals surface area contributed by atoms with Gasteiger partial charge in [0.1, 0.15) is 23.5 Å². The standard InChI is InChI=1S/C15H13F2N5O/c16-8-1-2-11(17)10(3-8)12-4-9(23)5-22(12)15-13-14(19-6-18-13)20-7-21-15/h1-3,6-7,9,12,23H,4-5H2,(H,18,19,20,21)/t9-,12-/m0/s1. The number of H-pyrrole nitrogens is 1. The van der Waals surface area contributed by atoms with Crippen LogP contribution in [0.1, 0.15) is 18.0 Å². The number of nitrogens with one attached hydrogen (secondary N) is 1. The maximum atomic E-state index is 14.2. The van der Waals surface area contributed by atoms with Crippen molar-refractivity contribution in [2.75, 3.05) is 11.4 Å². The number of aromatic nitrogens is 4. The van der Waals surface area contributed by atoms with Crippen molar-refractivity contribution in [1.29, 1.82) is 0 Å². The molecule has 0 amide bonds. The van der Waals surface area contributed by atoms with Crippen LogP contribution < -0.4 is 4.90 Å². The van der Waals surface area contributed by atoms with Gasteiger partial charge in [0, 0.05) is 12.1 Å². The highest BCUT2D eigenvalue weighted by Crippen LogP contribution is 2.38. The lowest BCUT2D eigenvalue weighted by Gasteiger charge is -2.26. The van der Waals surface area contributed by atoms with Gasteiger partial charge < -0.3 is 15.0 Å². The molecule has 3 aromatic rings. The molecule has 2 atom stereocenters. The average molecular weight is 317 g/mol. The predicted molar refractivity (Wildman–Crippen MR) is 78.8 cm³/mol. The number of fused-ring (bicyclic) bond motifs is 1. The summed E-state index contributed by atoms with van der Waals surface area (Å²) in [5.74, 6) is -0.514. The second-order valence-corrected chi connectivity index (χ2v) is 5.52. The highest BCUT2D eigenvalue weighted by atomic mass is 19.1. The van der Waals surface area contributed by atoms with E-state index in [0.29, 0.717) is 23.4 Å². The van der Waals surface area contributed by atoms with E-state index in [-0.39, 0.29) is 12.1 Å². The van der Waals surface area contributed by atoms with E-state index in [0.717, 1.165) is 18.2 Å². The number of β-amino-alcohol motifs (C(OH)–C–C–N with tert-alkyl or cyclic N) is 1. The minimum atomic E-state index is -0.657. The second kappa shape index (κ2) is 5.24. The highest BCUT2D eigenvalue weighted by molar-refractivity contribution is 5.83.